The number of anilines is 1. The minimum atomic E-state index is -0.993. The Morgan fingerprint density at radius 2 is 1.94 bits per heavy atom. The maximum atomic E-state index is 13.2. The van der Waals surface area contributed by atoms with E-state index in [9.17, 15) is 19.5 Å². The summed E-state index contributed by atoms with van der Waals surface area (Å²) >= 11 is 2.58. The van der Waals surface area contributed by atoms with Gasteiger partial charge in [-0.15, -0.1) is 11.3 Å². The van der Waals surface area contributed by atoms with E-state index in [4.69, 9.17) is 4.74 Å². The van der Waals surface area contributed by atoms with Gasteiger partial charge in [-0.1, -0.05) is 11.8 Å². The van der Waals surface area contributed by atoms with Crippen molar-refractivity contribution in [3.8, 4) is 5.75 Å². The van der Waals surface area contributed by atoms with E-state index in [1.54, 1.807) is 34.9 Å². The predicted octanol–water partition coefficient (Wildman–Crippen LogP) is 3.14. The molecule has 0 saturated heterocycles. The van der Waals surface area contributed by atoms with E-state index in [2.05, 4.69) is 10.3 Å². The Morgan fingerprint density at radius 1 is 1.21 bits per heavy atom. The van der Waals surface area contributed by atoms with Crippen molar-refractivity contribution in [2.45, 2.75) is 44.3 Å². The number of hydrogen-bond donors (Lipinski definition) is 1. The molecule has 8 nitrogen and oxygen atoms in total. The molecule has 3 aromatic rings. The van der Waals surface area contributed by atoms with Crippen molar-refractivity contribution in [2.24, 2.45) is 11.8 Å². The minimum Gasteiger partial charge on any atom is -0.550 e. The Hall–Kier alpha value is -2.85. The zero-order valence-corrected chi connectivity index (χ0v) is 20.5. The fourth-order valence-corrected chi connectivity index (χ4v) is 5.75. The van der Waals surface area contributed by atoms with Gasteiger partial charge >= 0.3 is 0 Å². The number of carbonyl (C=O) groups excluding carboxylic acids is 2. The van der Waals surface area contributed by atoms with Gasteiger partial charge in [0.25, 0.3) is 5.56 Å². The van der Waals surface area contributed by atoms with Crippen LogP contribution in [0.5, 0.6) is 5.75 Å². The highest BCUT2D eigenvalue weighted by Gasteiger charge is 2.24. The molecule has 1 aliphatic carbocycles. The lowest BCUT2D eigenvalue weighted by atomic mass is 9.82. The molecule has 1 aromatic carbocycles. The lowest BCUT2D eigenvalue weighted by Crippen LogP contribution is -2.35. The second kappa shape index (κ2) is 11.1. The quantitative estimate of drug-likeness (QED) is 0.355. The molecular weight excluding hydrogens is 474 g/mol. The molecule has 1 saturated carbocycles. The highest BCUT2D eigenvalue weighted by Crippen LogP contribution is 2.31. The molecule has 1 aliphatic rings. The first-order valence-electron chi connectivity index (χ1n) is 11.3. The van der Waals surface area contributed by atoms with Gasteiger partial charge in [0.1, 0.15) is 10.4 Å². The number of thioether (sulfide) groups is 1. The lowest BCUT2D eigenvalue weighted by Gasteiger charge is -2.29. The molecule has 180 valence electrons. The van der Waals surface area contributed by atoms with E-state index >= 15 is 0 Å². The Kier molecular flexibility index (Phi) is 7.89. The van der Waals surface area contributed by atoms with Crippen molar-refractivity contribution in [3.05, 3.63) is 46.1 Å². The van der Waals surface area contributed by atoms with Crippen LogP contribution in [0.3, 0.4) is 0 Å². The van der Waals surface area contributed by atoms with E-state index in [1.807, 2.05) is 12.3 Å². The van der Waals surface area contributed by atoms with Crippen molar-refractivity contribution < 1.29 is 19.4 Å². The first kappa shape index (κ1) is 24.3. The normalized spacial score (nSPS) is 18.0. The molecule has 0 bridgehead atoms. The second-order valence-electron chi connectivity index (χ2n) is 8.28. The lowest BCUT2D eigenvalue weighted by molar-refractivity contribution is -0.312. The van der Waals surface area contributed by atoms with Gasteiger partial charge in [-0.25, -0.2) is 4.98 Å². The van der Waals surface area contributed by atoms with Crippen LogP contribution in [0.25, 0.3) is 10.2 Å². The molecule has 2 aromatic heterocycles. The van der Waals surface area contributed by atoms with Gasteiger partial charge in [0.15, 0.2) is 5.16 Å². The Bertz CT molecular complexity index is 1210. The van der Waals surface area contributed by atoms with E-state index in [-0.39, 0.29) is 23.1 Å². The smallest absolute Gasteiger partial charge is 0.272 e. The molecule has 34 heavy (non-hydrogen) atoms. The number of ether oxygens (including phenoxy) is 1. The summed E-state index contributed by atoms with van der Waals surface area (Å²) in [7, 11) is 0. The van der Waals surface area contributed by atoms with Gasteiger partial charge in [0.05, 0.1) is 17.9 Å². The second-order valence-corrected chi connectivity index (χ2v) is 10.1. The highest BCUT2D eigenvalue weighted by atomic mass is 32.2. The third kappa shape index (κ3) is 5.79. The number of carboxylic acid groups (broad SMARTS) is 1. The number of carbonyl (C=O) groups is 2. The van der Waals surface area contributed by atoms with Gasteiger partial charge in [0.2, 0.25) is 5.91 Å². The van der Waals surface area contributed by atoms with Gasteiger partial charge in [-0.05, 0) is 80.2 Å². The number of fused-ring (bicyclic) bond motifs is 1. The van der Waals surface area contributed by atoms with Crippen molar-refractivity contribution in [1.29, 1.82) is 0 Å². The van der Waals surface area contributed by atoms with Crippen LogP contribution in [0.15, 0.2) is 45.7 Å². The number of nitrogens with one attached hydrogen (secondary N) is 1. The molecule has 2 heterocycles. The van der Waals surface area contributed by atoms with Crippen LogP contribution in [-0.4, -0.2) is 33.8 Å². The number of aromatic nitrogens is 2. The molecule has 10 heteroatoms. The summed E-state index contributed by atoms with van der Waals surface area (Å²) in [6.07, 6.45) is 2.55. The number of aliphatic carboxylic acids is 1. The summed E-state index contributed by atoms with van der Waals surface area (Å²) in [5.74, 6) is -0.578. The largest absolute Gasteiger partial charge is 0.550 e. The molecule has 1 amide bonds. The van der Waals surface area contributed by atoms with Crippen LogP contribution in [0, 0.1) is 11.8 Å². The fraction of sp³-hybridized carbons (Fsp3) is 0.417. The first-order chi connectivity index (χ1) is 16.4. The molecular formula is C24H26N3O5S2-. The van der Waals surface area contributed by atoms with Gasteiger partial charge in [-0.3, -0.25) is 14.2 Å². The van der Waals surface area contributed by atoms with Gasteiger partial charge < -0.3 is 20.0 Å². The molecule has 0 atom stereocenters. The summed E-state index contributed by atoms with van der Waals surface area (Å²) in [6.45, 7) is 2.94. The number of carboxylic acids is 1. The van der Waals surface area contributed by atoms with Crippen molar-refractivity contribution in [3.63, 3.8) is 0 Å². The summed E-state index contributed by atoms with van der Waals surface area (Å²) in [5, 5.41) is 16.3. The van der Waals surface area contributed by atoms with Gasteiger partial charge in [-0.2, -0.15) is 0 Å². The van der Waals surface area contributed by atoms with E-state index in [0.29, 0.717) is 47.1 Å². The van der Waals surface area contributed by atoms with E-state index in [0.717, 1.165) is 18.6 Å². The summed E-state index contributed by atoms with van der Waals surface area (Å²) < 4.78 is 7.66. The number of nitrogens with zero attached hydrogens (tertiary/aromatic N) is 2. The monoisotopic (exact) mass is 500 g/mol. The van der Waals surface area contributed by atoms with E-state index in [1.165, 1.54) is 23.1 Å². The Balaban J connectivity index is 1.45. The Labute approximate surface area is 205 Å². The van der Waals surface area contributed by atoms with Crippen molar-refractivity contribution in [2.75, 3.05) is 17.7 Å². The first-order valence-corrected chi connectivity index (χ1v) is 13.2. The number of benzene rings is 1. The molecule has 4 rings (SSSR count). The average molecular weight is 501 g/mol. The summed E-state index contributed by atoms with van der Waals surface area (Å²) in [4.78, 5) is 41.5. The van der Waals surface area contributed by atoms with Crippen LogP contribution in [0.2, 0.25) is 0 Å². The summed E-state index contributed by atoms with van der Waals surface area (Å²) in [6, 6.07) is 8.96. The summed E-state index contributed by atoms with van der Waals surface area (Å²) in [5.41, 5.74) is 1.18. The van der Waals surface area contributed by atoms with Crippen LogP contribution < -0.4 is 20.7 Å². The topological polar surface area (TPSA) is 113 Å². The number of hydrogen-bond acceptors (Lipinski definition) is 8. The molecule has 1 N–H and O–H groups in total. The highest BCUT2D eigenvalue weighted by molar-refractivity contribution is 7.99. The molecule has 0 aliphatic heterocycles. The predicted molar refractivity (Wildman–Crippen MR) is 131 cm³/mol. The minimum absolute atomic E-state index is 0.104. The molecule has 1 fully saturated rings. The van der Waals surface area contributed by atoms with Crippen molar-refractivity contribution >= 4 is 50.9 Å². The SMILES string of the molecule is CCOc1ccc(NC(=O)CSc2nc3ccsc3c(=O)n2CC2CCC(C(=O)[O-])CC2)cc1. The molecule has 0 radical (unpaired) electrons. The zero-order valence-electron chi connectivity index (χ0n) is 18.8. The van der Waals surface area contributed by atoms with Crippen molar-refractivity contribution in [1.82, 2.24) is 9.55 Å². The van der Waals surface area contributed by atoms with Crippen LogP contribution in [0.1, 0.15) is 32.6 Å². The number of amides is 1. The molecule has 0 unspecified atom stereocenters. The van der Waals surface area contributed by atoms with Crippen LogP contribution >= 0.6 is 23.1 Å². The van der Waals surface area contributed by atoms with Gasteiger partial charge in [0, 0.05) is 18.2 Å². The average Bonchev–Trinajstić information content (AvgIpc) is 3.30. The van der Waals surface area contributed by atoms with Crippen LogP contribution in [0.4, 0.5) is 5.69 Å². The van der Waals surface area contributed by atoms with E-state index < -0.39 is 11.9 Å². The Morgan fingerprint density at radius 3 is 2.62 bits per heavy atom. The third-order valence-electron chi connectivity index (χ3n) is 5.93. The standard InChI is InChI=1S/C24H27N3O5S2/c1-2-32-18-9-7-17(8-10-18)25-20(28)14-34-24-26-19-11-12-33-21(19)22(29)27(24)13-15-3-5-16(6-4-15)23(30)31/h7-12,15-16H,2-6,13-14H2,1H3,(H,25,28)(H,30,31)/p-1. The fourth-order valence-electron chi connectivity index (χ4n) is 4.16. The molecule has 0 spiro atoms. The maximum absolute atomic E-state index is 13.2. The zero-order chi connectivity index (χ0) is 24.1. The third-order valence-corrected chi connectivity index (χ3v) is 7.80. The maximum Gasteiger partial charge on any atom is 0.272 e. The van der Waals surface area contributed by atoms with Crippen LogP contribution in [-0.2, 0) is 16.1 Å². The number of rotatable bonds is 9. The number of thiophene rings is 1.